The van der Waals surface area contributed by atoms with Crippen LogP contribution in [0.15, 0.2) is 48.7 Å². The van der Waals surface area contributed by atoms with Gasteiger partial charge in [0.1, 0.15) is 5.82 Å². The van der Waals surface area contributed by atoms with E-state index in [1.165, 1.54) is 6.92 Å². The van der Waals surface area contributed by atoms with Gasteiger partial charge < -0.3 is 25.8 Å². The summed E-state index contributed by atoms with van der Waals surface area (Å²) in [5.41, 5.74) is 1.25. The zero-order valence-corrected chi connectivity index (χ0v) is 16.9. The van der Waals surface area contributed by atoms with E-state index in [-0.39, 0.29) is 30.8 Å². The van der Waals surface area contributed by atoms with Crippen LogP contribution in [-0.2, 0) is 9.59 Å². The summed E-state index contributed by atoms with van der Waals surface area (Å²) in [5, 5.41) is 8.05. The Morgan fingerprint density at radius 3 is 2.20 bits per heavy atom. The van der Waals surface area contributed by atoms with Crippen molar-refractivity contribution in [3.8, 4) is 0 Å². The molecule has 0 bridgehead atoms. The predicted octanol–water partition coefficient (Wildman–Crippen LogP) is 1.90. The van der Waals surface area contributed by atoms with E-state index in [1.54, 1.807) is 30.5 Å². The molecule has 0 radical (unpaired) electrons. The molecule has 2 heterocycles. The summed E-state index contributed by atoms with van der Waals surface area (Å²) in [6, 6.07) is 12.2. The van der Waals surface area contributed by atoms with Crippen LogP contribution < -0.4 is 20.9 Å². The molecule has 30 heavy (non-hydrogen) atoms. The fraction of sp³-hybridized carbons (Fsp3) is 0.333. The van der Waals surface area contributed by atoms with Crippen LogP contribution in [0.1, 0.15) is 13.3 Å². The molecule has 0 aliphatic carbocycles. The molecule has 0 atom stereocenters. The van der Waals surface area contributed by atoms with Gasteiger partial charge in [-0.2, -0.15) is 0 Å². The number of hydrogen-bond acceptors (Lipinski definition) is 5. The average molecular weight is 410 g/mol. The fourth-order valence-electron chi connectivity index (χ4n) is 3.18. The second kappa shape index (κ2) is 10.2. The molecule has 3 N–H and O–H groups in total. The number of nitrogens with zero attached hydrogens (tertiary/aromatic N) is 3. The third-order valence-electron chi connectivity index (χ3n) is 4.69. The number of pyridine rings is 1. The molecule has 0 saturated carbocycles. The van der Waals surface area contributed by atoms with Gasteiger partial charge in [0.15, 0.2) is 0 Å². The van der Waals surface area contributed by atoms with Gasteiger partial charge in [-0.25, -0.2) is 9.78 Å². The van der Waals surface area contributed by atoms with Crippen molar-refractivity contribution >= 4 is 35.0 Å². The number of benzene rings is 1. The predicted molar refractivity (Wildman–Crippen MR) is 115 cm³/mol. The molecule has 3 rings (SSSR count). The van der Waals surface area contributed by atoms with Crippen molar-refractivity contribution in [2.45, 2.75) is 13.3 Å². The van der Waals surface area contributed by atoms with Crippen LogP contribution in [0.5, 0.6) is 0 Å². The first-order chi connectivity index (χ1) is 14.5. The smallest absolute Gasteiger partial charge is 0.319 e. The number of anilines is 3. The molecule has 0 spiro atoms. The second-order valence-electron chi connectivity index (χ2n) is 6.95. The molecule has 4 amide bonds. The highest BCUT2D eigenvalue weighted by molar-refractivity contribution is 5.91. The number of rotatable bonds is 6. The summed E-state index contributed by atoms with van der Waals surface area (Å²) in [5.74, 6) is 0.792. The Morgan fingerprint density at radius 1 is 0.933 bits per heavy atom. The molecule has 1 aliphatic heterocycles. The lowest BCUT2D eigenvalue weighted by molar-refractivity contribution is -0.131. The van der Waals surface area contributed by atoms with Gasteiger partial charge in [-0.3, -0.25) is 9.59 Å². The largest absolute Gasteiger partial charge is 0.353 e. The lowest BCUT2D eigenvalue weighted by atomic mass is 10.2. The van der Waals surface area contributed by atoms with Gasteiger partial charge >= 0.3 is 6.03 Å². The number of hydrogen-bond donors (Lipinski definition) is 3. The normalized spacial score (nSPS) is 13.5. The quantitative estimate of drug-likeness (QED) is 0.674. The molecule has 1 aromatic heterocycles. The van der Waals surface area contributed by atoms with Crippen molar-refractivity contribution in [1.82, 2.24) is 15.2 Å². The Balaban J connectivity index is 1.35. The van der Waals surface area contributed by atoms with Gasteiger partial charge in [-0.05, 0) is 36.4 Å². The first-order valence-electron chi connectivity index (χ1n) is 9.87. The minimum absolute atomic E-state index is 0.0237. The molecule has 2 aromatic rings. The molecule has 1 fully saturated rings. The summed E-state index contributed by atoms with van der Waals surface area (Å²) >= 11 is 0. The standard InChI is InChI=1S/C21H26N6O3/c1-16(28)24-17-5-7-18(8-6-17)25-21(30)23-11-9-20(29)27-14-12-26(13-15-27)19-4-2-3-10-22-19/h2-8,10H,9,11-15H2,1H3,(H,24,28)(H2,23,25,30). The van der Waals surface area contributed by atoms with E-state index >= 15 is 0 Å². The maximum atomic E-state index is 12.4. The highest BCUT2D eigenvalue weighted by Gasteiger charge is 2.21. The Kier molecular flexibility index (Phi) is 7.20. The van der Waals surface area contributed by atoms with Gasteiger partial charge in [-0.1, -0.05) is 6.07 Å². The maximum absolute atomic E-state index is 12.4. The lowest BCUT2D eigenvalue weighted by Gasteiger charge is -2.35. The van der Waals surface area contributed by atoms with E-state index in [4.69, 9.17) is 0 Å². The summed E-state index contributed by atoms with van der Waals surface area (Å²) in [4.78, 5) is 43.7. The van der Waals surface area contributed by atoms with Gasteiger partial charge in [-0.15, -0.1) is 0 Å². The van der Waals surface area contributed by atoms with Crippen molar-refractivity contribution < 1.29 is 14.4 Å². The van der Waals surface area contributed by atoms with Gasteiger partial charge in [0.2, 0.25) is 11.8 Å². The van der Waals surface area contributed by atoms with Crippen LogP contribution >= 0.6 is 0 Å². The Labute approximate surface area is 175 Å². The first-order valence-corrected chi connectivity index (χ1v) is 9.87. The Morgan fingerprint density at radius 2 is 1.60 bits per heavy atom. The van der Waals surface area contributed by atoms with Crippen LogP contribution in [0.2, 0.25) is 0 Å². The molecule has 158 valence electrons. The number of carbonyl (C=O) groups is 3. The van der Waals surface area contributed by atoms with Gasteiger partial charge in [0, 0.05) is 63.6 Å². The third kappa shape index (κ3) is 6.20. The van der Waals surface area contributed by atoms with E-state index in [0.29, 0.717) is 24.5 Å². The summed E-state index contributed by atoms with van der Waals surface area (Å²) < 4.78 is 0. The molecule has 1 aliphatic rings. The molecule has 9 heteroatoms. The van der Waals surface area contributed by atoms with Crippen LogP contribution in [-0.4, -0.2) is 60.5 Å². The van der Waals surface area contributed by atoms with E-state index < -0.39 is 0 Å². The van der Waals surface area contributed by atoms with Crippen molar-refractivity contribution in [1.29, 1.82) is 0 Å². The second-order valence-corrected chi connectivity index (χ2v) is 6.95. The van der Waals surface area contributed by atoms with Crippen molar-refractivity contribution in [3.63, 3.8) is 0 Å². The van der Waals surface area contributed by atoms with Crippen molar-refractivity contribution in [3.05, 3.63) is 48.7 Å². The van der Waals surface area contributed by atoms with E-state index in [2.05, 4.69) is 25.8 Å². The monoisotopic (exact) mass is 410 g/mol. The number of aromatic nitrogens is 1. The SMILES string of the molecule is CC(=O)Nc1ccc(NC(=O)NCCC(=O)N2CCN(c3ccccn3)CC2)cc1. The number of nitrogens with one attached hydrogen (secondary N) is 3. The zero-order valence-electron chi connectivity index (χ0n) is 16.9. The van der Waals surface area contributed by atoms with Crippen molar-refractivity contribution in [2.24, 2.45) is 0 Å². The molecule has 1 aromatic carbocycles. The Bertz CT molecular complexity index is 864. The number of amides is 4. The summed E-state index contributed by atoms with van der Waals surface area (Å²) in [6.45, 7) is 4.46. The maximum Gasteiger partial charge on any atom is 0.319 e. The molecule has 0 unspecified atom stereocenters. The molecular weight excluding hydrogens is 384 g/mol. The number of piperazine rings is 1. The van der Waals surface area contributed by atoms with Gasteiger partial charge in [0.05, 0.1) is 0 Å². The topological polar surface area (TPSA) is 107 Å². The van der Waals surface area contributed by atoms with E-state index in [1.807, 2.05) is 23.1 Å². The van der Waals surface area contributed by atoms with E-state index in [0.717, 1.165) is 18.9 Å². The third-order valence-corrected chi connectivity index (χ3v) is 4.69. The number of urea groups is 1. The average Bonchev–Trinajstić information content (AvgIpc) is 2.75. The summed E-state index contributed by atoms with van der Waals surface area (Å²) in [7, 11) is 0. The molecule has 9 nitrogen and oxygen atoms in total. The van der Waals surface area contributed by atoms with E-state index in [9.17, 15) is 14.4 Å². The van der Waals surface area contributed by atoms with Gasteiger partial charge in [0.25, 0.3) is 0 Å². The van der Waals surface area contributed by atoms with Crippen LogP contribution in [0, 0.1) is 0 Å². The van der Waals surface area contributed by atoms with Crippen LogP contribution in [0.4, 0.5) is 22.0 Å². The lowest BCUT2D eigenvalue weighted by Crippen LogP contribution is -2.49. The molecular formula is C21H26N6O3. The Hall–Kier alpha value is -3.62. The summed E-state index contributed by atoms with van der Waals surface area (Å²) in [6.07, 6.45) is 2.01. The zero-order chi connectivity index (χ0) is 21.3. The minimum Gasteiger partial charge on any atom is -0.353 e. The fourth-order valence-corrected chi connectivity index (χ4v) is 3.18. The highest BCUT2D eigenvalue weighted by Crippen LogP contribution is 2.14. The van der Waals surface area contributed by atoms with Crippen LogP contribution in [0.25, 0.3) is 0 Å². The molecule has 1 saturated heterocycles. The highest BCUT2D eigenvalue weighted by atomic mass is 16.2. The van der Waals surface area contributed by atoms with Crippen LogP contribution in [0.3, 0.4) is 0 Å². The number of carbonyl (C=O) groups excluding carboxylic acids is 3. The van der Waals surface area contributed by atoms with Crippen molar-refractivity contribution in [2.75, 3.05) is 48.3 Å². The minimum atomic E-state index is -0.380. The first kappa shape index (κ1) is 21.1.